The highest BCUT2D eigenvalue weighted by Crippen LogP contribution is 2.26. The van der Waals surface area contributed by atoms with Gasteiger partial charge in [0.25, 0.3) is 0 Å². The molecule has 0 atom stereocenters. The lowest BCUT2D eigenvalue weighted by Crippen LogP contribution is -2.06. The molecule has 136 valence electrons. The lowest BCUT2D eigenvalue weighted by molar-refractivity contribution is 0.103. The minimum Gasteiger partial charge on any atom is -0.287 e. The van der Waals surface area contributed by atoms with Crippen LogP contribution in [0.1, 0.15) is 48.3 Å². The fourth-order valence-corrected chi connectivity index (χ4v) is 3.72. The molecule has 0 unspecified atom stereocenters. The van der Waals surface area contributed by atoms with E-state index in [1.807, 2.05) is 53.2 Å². The van der Waals surface area contributed by atoms with Crippen molar-refractivity contribution in [3.05, 3.63) is 77.5 Å². The zero-order valence-corrected chi connectivity index (χ0v) is 15.9. The number of ketones is 1. The van der Waals surface area contributed by atoms with Crippen molar-refractivity contribution in [2.24, 2.45) is 0 Å². The molecular formula is C24H24N2O. The molecule has 0 spiro atoms. The number of carbonyl (C=O) groups excluding carboxylic acids is 1. The topological polar surface area (TPSA) is 34.9 Å². The summed E-state index contributed by atoms with van der Waals surface area (Å²) in [7, 11) is 0. The van der Waals surface area contributed by atoms with Crippen LogP contribution in [0.4, 0.5) is 0 Å². The van der Waals surface area contributed by atoms with Crippen LogP contribution in [0.25, 0.3) is 21.7 Å². The van der Waals surface area contributed by atoms with Gasteiger partial charge in [0.2, 0.25) is 5.78 Å². The van der Waals surface area contributed by atoms with E-state index in [4.69, 9.17) is 5.10 Å². The van der Waals surface area contributed by atoms with Gasteiger partial charge < -0.3 is 0 Å². The van der Waals surface area contributed by atoms with Gasteiger partial charge in [0.1, 0.15) is 5.69 Å². The smallest absolute Gasteiger partial charge is 0.213 e. The van der Waals surface area contributed by atoms with Gasteiger partial charge in [0, 0.05) is 17.5 Å². The summed E-state index contributed by atoms with van der Waals surface area (Å²) in [5.41, 5.74) is 3.51. The van der Waals surface area contributed by atoms with E-state index in [-0.39, 0.29) is 5.78 Å². The van der Waals surface area contributed by atoms with Crippen LogP contribution in [-0.2, 0) is 13.0 Å². The maximum Gasteiger partial charge on any atom is 0.213 e. The minimum absolute atomic E-state index is 0.00176. The zero-order chi connectivity index (χ0) is 18.8. The first kappa shape index (κ1) is 17.5. The van der Waals surface area contributed by atoms with Crippen LogP contribution in [-0.4, -0.2) is 15.6 Å². The van der Waals surface area contributed by atoms with Crippen LogP contribution >= 0.6 is 0 Å². The fourth-order valence-electron chi connectivity index (χ4n) is 3.72. The molecule has 0 aliphatic carbocycles. The Hall–Kier alpha value is -2.94. The molecule has 0 saturated heterocycles. The Morgan fingerprint density at radius 2 is 1.70 bits per heavy atom. The number of unbranched alkanes of at least 4 members (excludes halogenated alkanes) is 1. The van der Waals surface area contributed by atoms with Crippen molar-refractivity contribution in [2.45, 2.75) is 39.7 Å². The highest BCUT2D eigenvalue weighted by atomic mass is 16.1. The molecule has 0 saturated carbocycles. The summed E-state index contributed by atoms with van der Waals surface area (Å²) < 4.78 is 1.98. The molecule has 0 amide bonds. The van der Waals surface area contributed by atoms with Gasteiger partial charge in [-0.1, -0.05) is 62.7 Å². The van der Waals surface area contributed by atoms with E-state index in [0.29, 0.717) is 5.69 Å². The summed E-state index contributed by atoms with van der Waals surface area (Å²) in [6, 6.07) is 20.3. The summed E-state index contributed by atoms with van der Waals surface area (Å²) in [6.45, 7) is 5.13. The first-order valence-electron chi connectivity index (χ1n) is 9.74. The molecule has 3 nitrogen and oxygen atoms in total. The second-order valence-electron chi connectivity index (χ2n) is 6.98. The van der Waals surface area contributed by atoms with Crippen molar-refractivity contribution in [1.82, 2.24) is 9.78 Å². The molecular weight excluding hydrogens is 332 g/mol. The Balaban J connectivity index is 1.85. The quantitative estimate of drug-likeness (QED) is 0.410. The third-order valence-electron chi connectivity index (χ3n) is 5.19. The van der Waals surface area contributed by atoms with Crippen molar-refractivity contribution >= 4 is 27.5 Å². The Bertz CT molecular complexity index is 1120. The predicted octanol–water partition coefficient (Wildman–Crippen LogP) is 5.78. The van der Waals surface area contributed by atoms with E-state index >= 15 is 0 Å². The average Bonchev–Trinajstić information content (AvgIpc) is 3.09. The number of hydrogen-bond donors (Lipinski definition) is 0. The van der Waals surface area contributed by atoms with Crippen molar-refractivity contribution in [3.63, 3.8) is 0 Å². The standard InChI is InChI=1S/C24H24N2O/c1-3-5-14-26-22-13-9-8-12-21(22)23(25-26)24(27)19-15-17(4-2)20-11-7-6-10-18(20)16-19/h6-13,15-16H,3-5,14H2,1-2H3. The van der Waals surface area contributed by atoms with Crippen LogP contribution in [0.3, 0.4) is 0 Å². The van der Waals surface area contributed by atoms with Gasteiger partial charge in [0.15, 0.2) is 0 Å². The van der Waals surface area contributed by atoms with E-state index < -0.39 is 0 Å². The highest BCUT2D eigenvalue weighted by molar-refractivity contribution is 6.16. The molecule has 1 heterocycles. The number of para-hydroxylation sites is 1. The van der Waals surface area contributed by atoms with Crippen LogP contribution in [0, 0.1) is 0 Å². The molecule has 0 bridgehead atoms. The normalized spacial score (nSPS) is 11.3. The molecule has 4 aromatic rings. The number of nitrogens with zero attached hydrogens (tertiary/aromatic N) is 2. The van der Waals surface area contributed by atoms with E-state index in [9.17, 15) is 4.79 Å². The molecule has 0 fully saturated rings. The van der Waals surface area contributed by atoms with Gasteiger partial charge in [-0.3, -0.25) is 9.48 Å². The van der Waals surface area contributed by atoms with Gasteiger partial charge in [-0.15, -0.1) is 0 Å². The summed E-state index contributed by atoms with van der Waals surface area (Å²) in [6.07, 6.45) is 3.05. The summed E-state index contributed by atoms with van der Waals surface area (Å²) in [5, 5.41) is 7.96. The second kappa shape index (κ2) is 7.36. The maximum absolute atomic E-state index is 13.4. The van der Waals surface area contributed by atoms with Crippen LogP contribution in [0.5, 0.6) is 0 Å². The second-order valence-corrected chi connectivity index (χ2v) is 6.98. The van der Waals surface area contributed by atoms with Crippen molar-refractivity contribution in [1.29, 1.82) is 0 Å². The largest absolute Gasteiger partial charge is 0.287 e. The third-order valence-corrected chi connectivity index (χ3v) is 5.19. The number of aryl methyl sites for hydroxylation is 2. The van der Waals surface area contributed by atoms with E-state index in [2.05, 4.69) is 26.0 Å². The Labute approximate surface area is 159 Å². The SMILES string of the molecule is CCCCn1nc(C(=O)c2cc(CC)c3ccccc3c2)c2ccccc21. The lowest BCUT2D eigenvalue weighted by atomic mass is 9.96. The van der Waals surface area contributed by atoms with Gasteiger partial charge in [0.05, 0.1) is 5.52 Å². The Morgan fingerprint density at radius 1 is 0.963 bits per heavy atom. The molecule has 1 aromatic heterocycles. The summed E-state index contributed by atoms with van der Waals surface area (Å²) in [5.74, 6) is 0.00176. The van der Waals surface area contributed by atoms with Crippen molar-refractivity contribution < 1.29 is 4.79 Å². The van der Waals surface area contributed by atoms with Gasteiger partial charge in [-0.25, -0.2) is 0 Å². The Morgan fingerprint density at radius 3 is 2.48 bits per heavy atom. The molecule has 0 aliphatic rings. The number of rotatable bonds is 6. The number of fused-ring (bicyclic) bond motifs is 2. The molecule has 0 radical (unpaired) electrons. The van der Waals surface area contributed by atoms with Crippen molar-refractivity contribution in [2.75, 3.05) is 0 Å². The van der Waals surface area contributed by atoms with Crippen LogP contribution in [0.2, 0.25) is 0 Å². The first-order valence-corrected chi connectivity index (χ1v) is 9.74. The number of benzene rings is 3. The molecule has 3 aromatic carbocycles. The van der Waals surface area contributed by atoms with Gasteiger partial charge in [-0.05, 0) is 47.4 Å². The molecule has 3 heteroatoms. The lowest BCUT2D eigenvalue weighted by Gasteiger charge is -2.08. The summed E-state index contributed by atoms with van der Waals surface area (Å²) in [4.78, 5) is 13.4. The molecule has 0 aliphatic heterocycles. The van der Waals surface area contributed by atoms with Gasteiger partial charge in [-0.2, -0.15) is 5.10 Å². The highest BCUT2D eigenvalue weighted by Gasteiger charge is 2.19. The Kier molecular flexibility index (Phi) is 4.76. The fraction of sp³-hybridized carbons (Fsp3) is 0.250. The van der Waals surface area contributed by atoms with E-state index in [0.717, 1.165) is 47.7 Å². The molecule has 4 rings (SSSR count). The van der Waals surface area contributed by atoms with E-state index in [1.54, 1.807) is 0 Å². The van der Waals surface area contributed by atoms with E-state index in [1.165, 1.54) is 10.9 Å². The average molecular weight is 356 g/mol. The van der Waals surface area contributed by atoms with Crippen LogP contribution < -0.4 is 0 Å². The predicted molar refractivity (Wildman–Crippen MR) is 111 cm³/mol. The summed E-state index contributed by atoms with van der Waals surface area (Å²) >= 11 is 0. The number of hydrogen-bond acceptors (Lipinski definition) is 2. The third kappa shape index (κ3) is 3.14. The number of aromatic nitrogens is 2. The zero-order valence-electron chi connectivity index (χ0n) is 15.9. The monoisotopic (exact) mass is 356 g/mol. The number of carbonyl (C=O) groups is 1. The molecule has 0 N–H and O–H groups in total. The maximum atomic E-state index is 13.4. The minimum atomic E-state index is 0.00176. The first-order chi connectivity index (χ1) is 13.2. The molecule has 27 heavy (non-hydrogen) atoms. The van der Waals surface area contributed by atoms with Gasteiger partial charge >= 0.3 is 0 Å². The van der Waals surface area contributed by atoms with Crippen molar-refractivity contribution in [3.8, 4) is 0 Å². The van der Waals surface area contributed by atoms with Crippen LogP contribution in [0.15, 0.2) is 60.7 Å².